The second-order valence-corrected chi connectivity index (χ2v) is 3.74. The topological polar surface area (TPSA) is 61.3 Å². The van der Waals surface area contributed by atoms with Crippen LogP contribution in [0.25, 0.3) is 10.8 Å². The summed E-state index contributed by atoms with van der Waals surface area (Å²) in [6.07, 6.45) is 0. The van der Waals surface area contributed by atoms with Crippen LogP contribution >= 0.6 is 0 Å². The molecule has 3 nitrogen and oxygen atoms in total. The van der Waals surface area contributed by atoms with Crippen molar-refractivity contribution in [3.63, 3.8) is 0 Å². The number of hydrogen-bond acceptors (Lipinski definition) is 3. The Bertz CT molecular complexity index is 496. The quantitative estimate of drug-likeness (QED) is 0.822. The highest BCUT2D eigenvalue weighted by Crippen LogP contribution is 2.31. The highest BCUT2D eigenvalue weighted by atomic mass is 16.5. The number of benzene rings is 2. The predicted molar refractivity (Wildman–Crippen MR) is 66.5 cm³/mol. The van der Waals surface area contributed by atoms with E-state index in [9.17, 15) is 0 Å². The highest BCUT2D eigenvalue weighted by molar-refractivity contribution is 5.88. The minimum Gasteiger partial charge on any atom is -0.496 e. The first kappa shape index (κ1) is 10.9. The van der Waals surface area contributed by atoms with Gasteiger partial charge in [0.05, 0.1) is 7.11 Å². The first-order chi connectivity index (χ1) is 7.77. The molecule has 0 saturated heterocycles. The van der Waals surface area contributed by atoms with Crippen molar-refractivity contribution in [3.05, 3.63) is 42.0 Å². The molecule has 0 radical (unpaired) electrons. The van der Waals surface area contributed by atoms with Crippen LogP contribution in [0, 0.1) is 0 Å². The molecule has 0 amide bonds. The zero-order chi connectivity index (χ0) is 11.5. The van der Waals surface area contributed by atoms with Gasteiger partial charge >= 0.3 is 0 Å². The van der Waals surface area contributed by atoms with Gasteiger partial charge in [0.1, 0.15) is 5.75 Å². The zero-order valence-corrected chi connectivity index (χ0v) is 9.31. The molecule has 0 bridgehead atoms. The molecule has 2 aromatic rings. The molecule has 0 fully saturated rings. The zero-order valence-electron chi connectivity index (χ0n) is 9.31. The molecule has 0 aliphatic rings. The van der Waals surface area contributed by atoms with E-state index in [1.54, 1.807) is 7.11 Å². The predicted octanol–water partition coefficient (Wildman–Crippen LogP) is 1.81. The van der Waals surface area contributed by atoms with E-state index in [-0.39, 0.29) is 6.04 Å². The van der Waals surface area contributed by atoms with Crippen LogP contribution in [-0.4, -0.2) is 13.7 Å². The van der Waals surface area contributed by atoms with Crippen molar-refractivity contribution in [2.75, 3.05) is 13.7 Å². The molecule has 0 saturated carbocycles. The van der Waals surface area contributed by atoms with E-state index >= 15 is 0 Å². The largest absolute Gasteiger partial charge is 0.496 e. The summed E-state index contributed by atoms with van der Waals surface area (Å²) in [6.45, 7) is 0.407. The number of hydrogen-bond donors (Lipinski definition) is 2. The SMILES string of the molecule is COc1ccc2ccccc2c1C(N)CN. The fourth-order valence-corrected chi connectivity index (χ4v) is 1.95. The molecule has 0 aromatic heterocycles. The lowest BCUT2D eigenvalue weighted by Crippen LogP contribution is -2.21. The molecule has 0 spiro atoms. The van der Waals surface area contributed by atoms with E-state index in [4.69, 9.17) is 16.2 Å². The summed E-state index contributed by atoms with van der Waals surface area (Å²) in [5, 5.41) is 2.27. The third-order valence-electron chi connectivity index (χ3n) is 2.78. The Labute approximate surface area is 95.0 Å². The summed E-state index contributed by atoms with van der Waals surface area (Å²) in [5.74, 6) is 0.802. The Hall–Kier alpha value is -1.58. The molecule has 2 rings (SSSR count). The number of nitrogens with two attached hydrogens (primary N) is 2. The molecule has 1 atom stereocenters. The van der Waals surface area contributed by atoms with Gasteiger partial charge in [-0.3, -0.25) is 0 Å². The van der Waals surface area contributed by atoms with Crippen molar-refractivity contribution in [1.29, 1.82) is 0 Å². The maximum absolute atomic E-state index is 6.03. The minimum atomic E-state index is -0.193. The smallest absolute Gasteiger partial charge is 0.124 e. The summed E-state index contributed by atoms with van der Waals surface area (Å²) in [6, 6.07) is 11.9. The number of fused-ring (bicyclic) bond motifs is 1. The monoisotopic (exact) mass is 216 g/mol. The van der Waals surface area contributed by atoms with Crippen LogP contribution in [0.2, 0.25) is 0 Å². The molecule has 0 aliphatic carbocycles. The summed E-state index contributed by atoms with van der Waals surface area (Å²) in [7, 11) is 1.65. The maximum atomic E-state index is 6.03. The van der Waals surface area contributed by atoms with Gasteiger partial charge in [0, 0.05) is 18.2 Å². The first-order valence-electron chi connectivity index (χ1n) is 5.29. The maximum Gasteiger partial charge on any atom is 0.124 e. The number of methoxy groups -OCH3 is 1. The summed E-state index contributed by atoms with van der Waals surface area (Å²) in [4.78, 5) is 0. The van der Waals surface area contributed by atoms with E-state index in [1.807, 2.05) is 30.3 Å². The Morgan fingerprint density at radius 1 is 1.19 bits per heavy atom. The number of ether oxygens (including phenoxy) is 1. The Kier molecular flexibility index (Phi) is 3.08. The highest BCUT2D eigenvalue weighted by Gasteiger charge is 2.13. The normalized spacial score (nSPS) is 12.7. The lowest BCUT2D eigenvalue weighted by atomic mass is 9.98. The minimum absolute atomic E-state index is 0.193. The molecular formula is C13H16N2O. The molecule has 3 heteroatoms. The van der Waals surface area contributed by atoms with Crippen LogP contribution in [0.3, 0.4) is 0 Å². The molecule has 16 heavy (non-hydrogen) atoms. The van der Waals surface area contributed by atoms with Gasteiger partial charge in [0.15, 0.2) is 0 Å². The third kappa shape index (κ3) is 1.75. The second-order valence-electron chi connectivity index (χ2n) is 3.74. The Balaban J connectivity index is 2.72. The molecule has 1 unspecified atom stereocenters. The lowest BCUT2D eigenvalue weighted by molar-refractivity contribution is 0.407. The standard InChI is InChI=1S/C13H16N2O/c1-16-12-7-6-9-4-2-3-5-10(9)13(12)11(15)8-14/h2-7,11H,8,14-15H2,1H3. The van der Waals surface area contributed by atoms with Crippen molar-refractivity contribution in [2.24, 2.45) is 11.5 Å². The Morgan fingerprint density at radius 2 is 1.94 bits per heavy atom. The van der Waals surface area contributed by atoms with Gasteiger partial charge in [0.25, 0.3) is 0 Å². The fourth-order valence-electron chi connectivity index (χ4n) is 1.95. The first-order valence-corrected chi connectivity index (χ1v) is 5.29. The van der Waals surface area contributed by atoms with Gasteiger partial charge in [-0.1, -0.05) is 30.3 Å². The second kappa shape index (κ2) is 4.51. The van der Waals surface area contributed by atoms with E-state index < -0.39 is 0 Å². The molecular weight excluding hydrogens is 200 g/mol. The van der Waals surface area contributed by atoms with Gasteiger partial charge in [0.2, 0.25) is 0 Å². The average Bonchev–Trinajstić information content (AvgIpc) is 2.36. The van der Waals surface area contributed by atoms with Gasteiger partial charge in [-0.2, -0.15) is 0 Å². The lowest BCUT2D eigenvalue weighted by Gasteiger charge is -2.16. The van der Waals surface area contributed by atoms with Crippen LogP contribution in [0.4, 0.5) is 0 Å². The molecule has 84 valence electrons. The van der Waals surface area contributed by atoms with Crippen molar-refractivity contribution in [3.8, 4) is 5.75 Å². The van der Waals surface area contributed by atoms with Crippen LogP contribution in [-0.2, 0) is 0 Å². The number of rotatable bonds is 3. The van der Waals surface area contributed by atoms with Gasteiger partial charge < -0.3 is 16.2 Å². The third-order valence-corrected chi connectivity index (χ3v) is 2.78. The molecule has 4 N–H and O–H groups in total. The molecule has 2 aromatic carbocycles. The van der Waals surface area contributed by atoms with E-state index in [1.165, 1.54) is 0 Å². The van der Waals surface area contributed by atoms with Crippen molar-refractivity contribution in [1.82, 2.24) is 0 Å². The van der Waals surface area contributed by atoms with Crippen molar-refractivity contribution < 1.29 is 4.74 Å². The van der Waals surface area contributed by atoms with E-state index in [0.717, 1.165) is 22.1 Å². The Morgan fingerprint density at radius 3 is 2.62 bits per heavy atom. The summed E-state index contributed by atoms with van der Waals surface area (Å²) < 4.78 is 5.34. The average molecular weight is 216 g/mol. The van der Waals surface area contributed by atoms with Gasteiger partial charge in [-0.05, 0) is 16.8 Å². The summed E-state index contributed by atoms with van der Waals surface area (Å²) in [5.41, 5.74) is 12.7. The summed E-state index contributed by atoms with van der Waals surface area (Å²) >= 11 is 0. The van der Waals surface area contributed by atoms with Gasteiger partial charge in [-0.15, -0.1) is 0 Å². The van der Waals surface area contributed by atoms with Crippen molar-refractivity contribution >= 4 is 10.8 Å². The molecule has 0 heterocycles. The molecule has 0 aliphatic heterocycles. The van der Waals surface area contributed by atoms with Crippen LogP contribution in [0.1, 0.15) is 11.6 Å². The van der Waals surface area contributed by atoms with Crippen molar-refractivity contribution in [2.45, 2.75) is 6.04 Å². The van der Waals surface area contributed by atoms with Gasteiger partial charge in [-0.25, -0.2) is 0 Å². The van der Waals surface area contributed by atoms with Crippen LogP contribution < -0.4 is 16.2 Å². The van der Waals surface area contributed by atoms with E-state index in [0.29, 0.717) is 6.54 Å². The fraction of sp³-hybridized carbons (Fsp3) is 0.231. The van der Waals surface area contributed by atoms with Crippen LogP contribution in [0.15, 0.2) is 36.4 Å². The van der Waals surface area contributed by atoms with Crippen LogP contribution in [0.5, 0.6) is 5.75 Å². The van der Waals surface area contributed by atoms with E-state index in [2.05, 4.69) is 6.07 Å².